The van der Waals surface area contributed by atoms with Crippen LogP contribution >= 0.6 is 11.3 Å². The van der Waals surface area contributed by atoms with Crippen molar-refractivity contribution in [3.8, 4) is 0 Å². The van der Waals surface area contributed by atoms with Gasteiger partial charge in [0.25, 0.3) is 5.91 Å². The van der Waals surface area contributed by atoms with Crippen molar-refractivity contribution in [1.29, 1.82) is 0 Å². The van der Waals surface area contributed by atoms with Gasteiger partial charge in [0.1, 0.15) is 5.52 Å². The van der Waals surface area contributed by atoms with Crippen LogP contribution in [0.2, 0.25) is 0 Å². The molecule has 0 aromatic carbocycles. The van der Waals surface area contributed by atoms with Crippen molar-refractivity contribution < 1.29 is 9.90 Å². The number of thiophene rings is 1. The van der Waals surface area contributed by atoms with Crippen molar-refractivity contribution in [2.24, 2.45) is 7.05 Å². The average Bonchev–Trinajstić information content (AvgIpc) is 3.17. The third-order valence-corrected chi connectivity index (χ3v) is 4.61. The Morgan fingerprint density at radius 2 is 2.30 bits per heavy atom. The number of hydrogen-bond donors (Lipinski definition) is 2. The summed E-state index contributed by atoms with van der Waals surface area (Å²) < 4.78 is 1.80. The van der Waals surface area contributed by atoms with E-state index >= 15 is 0 Å². The highest BCUT2D eigenvalue weighted by Crippen LogP contribution is 2.23. The number of carbonyl (C=O) groups is 1. The van der Waals surface area contributed by atoms with E-state index < -0.39 is 6.10 Å². The number of imidazole rings is 1. The van der Waals surface area contributed by atoms with Crippen LogP contribution < -0.4 is 5.32 Å². The Balaban J connectivity index is 1.65. The topological polar surface area (TPSA) is 80.0 Å². The van der Waals surface area contributed by atoms with Gasteiger partial charge in [0.15, 0.2) is 5.65 Å². The number of aliphatic hydroxyl groups excluding tert-OH is 1. The monoisotopic (exact) mass is 330 g/mol. The SMILES string of the molecule is CC(CC(O)c1cccs1)NC(=O)c1cnc2c(c1)ncn2C. The van der Waals surface area contributed by atoms with Gasteiger partial charge in [-0.15, -0.1) is 11.3 Å². The van der Waals surface area contributed by atoms with Crippen molar-refractivity contribution in [1.82, 2.24) is 19.9 Å². The summed E-state index contributed by atoms with van der Waals surface area (Å²) in [6.07, 6.45) is 3.11. The molecule has 3 heterocycles. The number of fused-ring (bicyclic) bond motifs is 1. The fourth-order valence-corrected chi connectivity index (χ4v) is 3.16. The predicted octanol–water partition coefficient (Wildman–Crippen LogP) is 2.27. The minimum atomic E-state index is -0.568. The number of rotatable bonds is 5. The lowest BCUT2D eigenvalue weighted by Crippen LogP contribution is -2.33. The maximum atomic E-state index is 12.3. The summed E-state index contributed by atoms with van der Waals surface area (Å²) in [4.78, 5) is 21.7. The molecule has 3 rings (SSSR count). The van der Waals surface area contributed by atoms with Gasteiger partial charge in [0.2, 0.25) is 0 Å². The predicted molar refractivity (Wildman–Crippen MR) is 89.3 cm³/mol. The van der Waals surface area contributed by atoms with Gasteiger partial charge < -0.3 is 15.0 Å². The zero-order valence-corrected chi connectivity index (χ0v) is 13.7. The number of aromatic nitrogens is 3. The van der Waals surface area contributed by atoms with Gasteiger partial charge in [-0.25, -0.2) is 9.97 Å². The summed E-state index contributed by atoms with van der Waals surface area (Å²) in [6.45, 7) is 1.88. The van der Waals surface area contributed by atoms with Gasteiger partial charge in [-0.05, 0) is 30.9 Å². The molecule has 23 heavy (non-hydrogen) atoms. The van der Waals surface area contributed by atoms with Crippen LogP contribution in [0.1, 0.15) is 34.7 Å². The zero-order valence-electron chi connectivity index (χ0n) is 12.9. The third kappa shape index (κ3) is 3.40. The van der Waals surface area contributed by atoms with Gasteiger partial charge in [-0.1, -0.05) is 6.07 Å². The number of hydrogen-bond acceptors (Lipinski definition) is 5. The van der Waals surface area contributed by atoms with E-state index in [4.69, 9.17) is 0 Å². The molecule has 1 amide bonds. The summed E-state index contributed by atoms with van der Waals surface area (Å²) in [6, 6.07) is 5.36. The fraction of sp³-hybridized carbons (Fsp3) is 0.312. The Labute approximate surface area is 137 Å². The highest BCUT2D eigenvalue weighted by molar-refractivity contribution is 7.10. The molecule has 6 nitrogen and oxygen atoms in total. The highest BCUT2D eigenvalue weighted by Gasteiger charge is 2.17. The molecular weight excluding hydrogens is 312 g/mol. The second kappa shape index (κ2) is 6.47. The molecule has 0 saturated heterocycles. The second-order valence-electron chi connectivity index (χ2n) is 5.56. The summed E-state index contributed by atoms with van der Waals surface area (Å²) >= 11 is 1.51. The lowest BCUT2D eigenvalue weighted by molar-refractivity contribution is 0.0918. The molecule has 120 valence electrons. The maximum absolute atomic E-state index is 12.3. The van der Waals surface area contributed by atoms with Crippen molar-refractivity contribution in [3.63, 3.8) is 0 Å². The molecule has 0 fully saturated rings. The first kappa shape index (κ1) is 15.6. The molecule has 0 spiro atoms. The molecule has 0 saturated carbocycles. The number of pyridine rings is 1. The second-order valence-corrected chi connectivity index (χ2v) is 6.54. The van der Waals surface area contributed by atoms with Crippen LogP contribution in [0.25, 0.3) is 11.2 Å². The van der Waals surface area contributed by atoms with Crippen molar-refractivity contribution >= 4 is 28.4 Å². The fourth-order valence-electron chi connectivity index (χ4n) is 2.44. The Kier molecular flexibility index (Phi) is 4.40. The van der Waals surface area contributed by atoms with E-state index in [-0.39, 0.29) is 11.9 Å². The molecule has 2 atom stereocenters. The summed E-state index contributed by atoms with van der Waals surface area (Å²) in [5, 5.41) is 15.0. The van der Waals surface area contributed by atoms with Crippen LogP contribution in [-0.4, -0.2) is 31.6 Å². The van der Waals surface area contributed by atoms with E-state index in [1.54, 1.807) is 23.2 Å². The molecule has 0 aliphatic rings. The van der Waals surface area contributed by atoms with Crippen LogP contribution in [0.5, 0.6) is 0 Å². The quantitative estimate of drug-likeness (QED) is 0.752. The van der Waals surface area contributed by atoms with Gasteiger partial charge >= 0.3 is 0 Å². The first-order chi connectivity index (χ1) is 11.0. The number of amides is 1. The first-order valence-corrected chi connectivity index (χ1v) is 8.22. The Bertz CT molecular complexity index is 813. The smallest absolute Gasteiger partial charge is 0.253 e. The van der Waals surface area contributed by atoms with Crippen LogP contribution in [0, 0.1) is 0 Å². The molecule has 0 aliphatic heterocycles. The molecule has 0 bridgehead atoms. The highest BCUT2D eigenvalue weighted by atomic mass is 32.1. The molecule has 3 aromatic heterocycles. The van der Waals surface area contributed by atoms with E-state index in [0.29, 0.717) is 17.5 Å². The number of aliphatic hydroxyl groups is 1. The van der Waals surface area contributed by atoms with Gasteiger partial charge in [-0.3, -0.25) is 4.79 Å². The number of nitrogens with one attached hydrogen (secondary N) is 1. The van der Waals surface area contributed by atoms with Crippen LogP contribution in [-0.2, 0) is 7.05 Å². The minimum absolute atomic E-state index is 0.154. The standard InChI is InChI=1S/C16H18N4O2S/c1-10(6-13(21)14-4-3-5-23-14)19-16(22)11-7-12-15(17-8-11)20(2)9-18-12/h3-5,7-10,13,21H,6H2,1-2H3,(H,19,22). The van der Waals surface area contributed by atoms with Crippen molar-refractivity contribution in [3.05, 3.63) is 46.5 Å². The van der Waals surface area contributed by atoms with E-state index in [0.717, 1.165) is 10.5 Å². The lowest BCUT2D eigenvalue weighted by atomic mass is 10.1. The van der Waals surface area contributed by atoms with E-state index in [9.17, 15) is 9.90 Å². The Morgan fingerprint density at radius 1 is 1.48 bits per heavy atom. The molecular formula is C16H18N4O2S. The zero-order chi connectivity index (χ0) is 16.4. The van der Waals surface area contributed by atoms with Crippen LogP contribution in [0.15, 0.2) is 36.1 Å². The normalized spacial score (nSPS) is 13.9. The minimum Gasteiger partial charge on any atom is -0.387 e. The summed E-state index contributed by atoms with van der Waals surface area (Å²) in [7, 11) is 1.86. The van der Waals surface area contributed by atoms with E-state index in [1.807, 2.05) is 31.5 Å². The van der Waals surface area contributed by atoms with Crippen LogP contribution in [0.3, 0.4) is 0 Å². The number of aryl methyl sites for hydroxylation is 1. The lowest BCUT2D eigenvalue weighted by Gasteiger charge is -2.17. The third-order valence-electron chi connectivity index (χ3n) is 3.64. The first-order valence-electron chi connectivity index (χ1n) is 7.34. The molecule has 3 aromatic rings. The van der Waals surface area contributed by atoms with Crippen LogP contribution in [0.4, 0.5) is 0 Å². The molecule has 0 radical (unpaired) electrons. The van der Waals surface area contributed by atoms with Gasteiger partial charge in [0, 0.05) is 24.2 Å². The summed E-state index contributed by atoms with van der Waals surface area (Å²) in [5.41, 5.74) is 1.89. The molecule has 2 unspecified atom stereocenters. The van der Waals surface area contributed by atoms with Crippen molar-refractivity contribution in [2.75, 3.05) is 0 Å². The van der Waals surface area contributed by atoms with E-state index in [2.05, 4.69) is 15.3 Å². The maximum Gasteiger partial charge on any atom is 0.253 e. The van der Waals surface area contributed by atoms with Gasteiger partial charge in [-0.2, -0.15) is 0 Å². The largest absolute Gasteiger partial charge is 0.387 e. The van der Waals surface area contributed by atoms with Crippen molar-refractivity contribution in [2.45, 2.75) is 25.5 Å². The molecule has 2 N–H and O–H groups in total. The Morgan fingerprint density at radius 3 is 3.04 bits per heavy atom. The molecule has 7 heteroatoms. The Hall–Kier alpha value is -2.25. The number of nitrogens with zero attached hydrogens (tertiary/aromatic N) is 3. The average molecular weight is 330 g/mol. The van der Waals surface area contributed by atoms with E-state index in [1.165, 1.54) is 11.3 Å². The molecule has 0 aliphatic carbocycles. The number of carbonyl (C=O) groups excluding carboxylic acids is 1. The van der Waals surface area contributed by atoms with Gasteiger partial charge in [0.05, 0.1) is 18.0 Å². The summed E-state index contributed by atoms with van der Waals surface area (Å²) in [5.74, 6) is -0.212.